The quantitative estimate of drug-likeness (QED) is 0.930. The van der Waals surface area contributed by atoms with E-state index in [1.54, 1.807) is 0 Å². The van der Waals surface area contributed by atoms with Crippen LogP contribution in [-0.4, -0.2) is 35.0 Å². The van der Waals surface area contributed by atoms with Crippen LogP contribution in [0, 0.1) is 5.92 Å². The predicted molar refractivity (Wildman–Crippen MR) is 79.3 cm³/mol. The molecule has 1 atom stereocenters. The summed E-state index contributed by atoms with van der Waals surface area (Å²) in [5, 5.41) is 9.53. The SMILES string of the molecule is O=C(O)CC1CCN(C(=O)C2(c3ccc(Cl)cc3)CC2)C1. The highest BCUT2D eigenvalue weighted by atomic mass is 35.5. The van der Waals surface area contributed by atoms with E-state index in [4.69, 9.17) is 16.7 Å². The largest absolute Gasteiger partial charge is 0.481 e. The summed E-state index contributed by atoms with van der Waals surface area (Å²) >= 11 is 5.91. The molecule has 1 amide bonds. The Labute approximate surface area is 128 Å². The van der Waals surface area contributed by atoms with Gasteiger partial charge in [-0.25, -0.2) is 0 Å². The number of nitrogens with zero attached hydrogens (tertiary/aromatic N) is 1. The molecule has 0 spiro atoms. The van der Waals surface area contributed by atoms with Crippen molar-refractivity contribution >= 4 is 23.5 Å². The van der Waals surface area contributed by atoms with E-state index in [0.29, 0.717) is 18.1 Å². The zero-order valence-corrected chi connectivity index (χ0v) is 12.5. The molecule has 3 rings (SSSR count). The molecule has 21 heavy (non-hydrogen) atoms. The van der Waals surface area contributed by atoms with E-state index in [2.05, 4.69) is 0 Å². The van der Waals surface area contributed by atoms with Gasteiger partial charge in [0.2, 0.25) is 5.91 Å². The van der Waals surface area contributed by atoms with Crippen LogP contribution in [0.1, 0.15) is 31.2 Å². The van der Waals surface area contributed by atoms with Crippen LogP contribution >= 0.6 is 11.6 Å². The third-order valence-electron chi connectivity index (χ3n) is 4.59. The number of rotatable bonds is 4. The smallest absolute Gasteiger partial charge is 0.303 e. The average molecular weight is 308 g/mol. The van der Waals surface area contributed by atoms with Gasteiger partial charge < -0.3 is 10.0 Å². The van der Waals surface area contributed by atoms with Crippen molar-refractivity contribution in [3.8, 4) is 0 Å². The van der Waals surface area contributed by atoms with Crippen molar-refractivity contribution in [2.24, 2.45) is 5.92 Å². The van der Waals surface area contributed by atoms with Crippen LogP contribution in [-0.2, 0) is 15.0 Å². The molecule has 112 valence electrons. The molecule has 5 heteroatoms. The number of benzene rings is 1. The lowest BCUT2D eigenvalue weighted by Crippen LogP contribution is -2.38. The first-order chi connectivity index (χ1) is 10.0. The van der Waals surface area contributed by atoms with Gasteiger partial charge >= 0.3 is 5.97 Å². The number of carbonyl (C=O) groups excluding carboxylic acids is 1. The normalized spacial score (nSPS) is 23.1. The van der Waals surface area contributed by atoms with Gasteiger partial charge in [0.25, 0.3) is 0 Å². The molecule has 4 nitrogen and oxygen atoms in total. The highest BCUT2D eigenvalue weighted by Gasteiger charge is 2.53. The third kappa shape index (κ3) is 2.77. The fraction of sp³-hybridized carbons (Fsp3) is 0.500. The number of carboxylic acid groups (broad SMARTS) is 1. The van der Waals surface area contributed by atoms with Crippen molar-refractivity contribution in [1.82, 2.24) is 4.90 Å². The van der Waals surface area contributed by atoms with Gasteiger partial charge in [-0.15, -0.1) is 0 Å². The number of likely N-dealkylation sites (tertiary alicyclic amines) is 1. The number of halogens is 1. The number of aliphatic carboxylic acids is 1. The molecule has 1 heterocycles. The standard InChI is InChI=1S/C16H18ClNO3/c17-13-3-1-12(2-4-13)16(6-7-16)15(21)18-8-5-11(10-18)9-14(19)20/h1-4,11H,5-10H2,(H,19,20). The van der Waals surface area contributed by atoms with Crippen LogP contribution in [0.25, 0.3) is 0 Å². The number of hydrogen-bond donors (Lipinski definition) is 1. The van der Waals surface area contributed by atoms with E-state index in [0.717, 1.165) is 24.8 Å². The summed E-state index contributed by atoms with van der Waals surface area (Å²) < 4.78 is 0. The fourth-order valence-corrected chi connectivity index (χ4v) is 3.38. The lowest BCUT2D eigenvalue weighted by atomic mass is 9.94. The van der Waals surface area contributed by atoms with Gasteiger partial charge in [0.1, 0.15) is 0 Å². The number of carbonyl (C=O) groups is 2. The van der Waals surface area contributed by atoms with Crippen molar-refractivity contribution in [2.45, 2.75) is 31.1 Å². The molecule has 0 aromatic heterocycles. The van der Waals surface area contributed by atoms with Crippen LogP contribution in [0.15, 0.2) is 24.3 Å². The molecule has 0 radical (unpaired) electrons. The van der Waals surface area contributed by atoms with E-state index >= 15 is 0 Å². The minimum absolute atomic E-state index is 0.0902. The van der Waals surface area contributed by atoms with Crippen LogP contribution in [0.2, 0.25) is 5.02 Å². The van der Waals surface area contributed by atoms with Gasteiger partial charge in [-0.3, -0.25) is 9.59 Å². The fourth-order valence-electron chi connectivity index (χ4n) is 3.25. The minimum Gasteiger partial charge on any atom is -0.481 e. The van der Waals surface area contributed by atoms with Crippen LogP contribution in [0.4, 0.5) is 0 Å². The van der Waals surface area contributed by atoms with Crippen molar-refractivity contribution in [3.05, 3.63) is 34.9 Å². The van der Waals surface area contributed by atoms with Crippen molar-refractivity contribution in [1.29, 1.82) is 0 Å². The Kier molecular flexibility index (Phi) is 3.66. The Balaban J connectivity index is 1.71. The summed E-state index contributed by atoms with van der Waals surface area (Å²) in [6, 6.07) is 7.50. The van der Waals surface area contributed by atoms with Crippen molar-refractivity contribution in [3.63, 3.8) is 0 Å². The van der Waals surface area contributed by atoms with Crippen molar-refractivity contribution in [2.75, 3.05) is 13.1 Å². The molecular formula is C16H18ClNO3. The summed E-state index contributed by atoms with van der Waals surface area (Å²) in [5.74, 6) is -0.543. The van der Waals surface area contributed by atoms with E-state index in [9.17, 15) is 9.59 Å². The number of amides is 1. The summed E-state index contributed by atoms with van der Waals surface area (Å²) in [6.45, 7) is 1.24. The van der Waals surface area contributed by atoms with Gasteiger partial charge in [0.05, 0.1) is 5.41 Å². The third-order valence-corrected chi connectivity index (χ3v) is 4.84. The second-order valence-corrected chi connectivity index (χ2v) is 6.53. The lowest BCUT2D eigenvalue weighted by Gasteiger charge is -2.23. The van der Waals surface area contributed by atoms with Gasteiger partial charge in [-0.05, 0) is 42.9 Å². The van der Waals surface area contributed by atoms with Gasteiger partial charge in [-0.2, -0.15) is 0 Å². The van der Waals surface area contributed by atoms with Crippen molar-refractivity contribution < 1.29 is 14.7 Å². The highest BCUT2D eigenvalue weighted by Crippen LogP contribution is 2.50. The molecule has 1 N–H and O–H groups in total. The Morgan fingerprint density at radius 3 is 2.52 bits per heavy atom. The molecule has 1 unspecified atom stereocenters. The Bertz CT molecular complexity index is 565. The molecule has 1 aliphatic heterocycles. The molecule has 2 aliphatic rings. The molecule has 0 bridgehead atoms. The van der Waals surface area contributed by atoms with Crippen LogP contribution in [0.5, 0.6) is 0 Å². The summed E-state index contributed by atoms with van der Waals surface area (Å²) in [6.07, 6.45) is 2.67. The lowest BCUT2D eigenvalue weighted by molar-refractivity contribution is -0.138. The van der Waals surface area contributed by atoms with E-state index < -0.39 is 5.97 Å². The number of hydrogen-bond acceptors (Lipinski definition) is 2. The van der Waals surface area contributed by atoms with Gasteiger partial charge in [-0.1, -0.05) is 23.7 Å². The molecule has 1 aliphatic carbocycles. The Morgan fingerprint density at radius 2 is 1.95 bits per heavy atom. The van der Waals surface area contributed by atoms with E-state index in [1.807, 2.05) is 29.2 Å². The first kappa shape index (κ1) is 14.4. The molecule has 1 aromatic rings. The summed E-state index contributed by atoms with van der Waals surface area (Å²) in [7, 11) is 0. The Morgan fingerprint density at radius 1 is 1.29 bits per heavy atom. The molecular weight excluding hydrogens is 290 g/mol. The van der Waals surface area contributed by atoms with E-state index in [1.165, 1.54) is 0 Å². The average Bonchev–Trinajstić information content (AvgIpc) is 3.13. The highest BCUT2D eigenvalue weighted by molar-refractivity contribution is 6.30. The van der Waals surface area contributed by atoms with Gasteiger partial charge in [0, 0.05) is 24.5 Å². The second kappa shape index (κ2) is 5.34. The van der Waals surface area contributed by atoms with Crippen LogP contribution in [0.3, 0.4) is 0 Å². The molecule has 1 saturated heterocycles. The predicted octanol–water partition coefficient (Wildman–Crippen LogP) is 2.69. The molecule has 1 saturated carbocycles. The first-order valence-corrected chi connectivity index (χ1v) is 7.66. The van der Waals surface area contributed by atoms with E-state index in [-0.39, 0.29) is 23.7 Å². The molecule has 1 aromatic carbocycles. The maximum Gasteiger partial charge on any atom is 0.303 e. The van der Waals surface area contributed by atoms with Crippen LogP contribution < -0.4 is 0 Å². The van der Waals surface area contributed by atoms with Gasteiger partial charge in [0.15, 0.2) is 0 Å². The second-order valence-electron chi connectivity index (χ2n) is 6.09. The zero-order valence-electron chi connectivity index (χ0n) is 11.7. The maximum atomic E-state index is 12.8. The maximum absolute atomic E-state index is 12.8. The topological polar surface area (TPSA) is 57.6 Å². The Hall–Kier alpha value is -1.55. The molecule has 2 fully saturated rings. The monoisotopic (exact) mass is 307 g/mol. The first-order valence-electron chi connectivity index (χ1n) is 7.28. The number of carboxylic acids is 1. The minimum atomic E-state index is -0.784. The zero-order chi connectivity index (χ0) is 15.0. The summed E-state index contributed by atoms with van der Waals surface area (Å²) in [4.78, 5) is 25.4. The summed E-state index contributed by atoms with van der Waals surface area (Å²) in [5.41, 5.74) is 0.640.